The Morgan fingerprint density at radius 3 is 2.52 bits per heavy atom. The molecule has 3 rings (SSSR count). The number of nitrogens with one attached hydrogen (secondary N) is 1. The first-order valence-corrected chi connectivity index (χ1v) is 6.97. The third-order valence-corrected chi connectivity index (χ3v) is 3.39. The van der Waals surface area contributed by atoms with Crippen molar-refractivity contribution >= 4 is 5.97 Å². The molecule has 0 atom stereocenters. The third kappa shape index (κ3) is 3.06. The molecule has 3 aromatic rings. The molecule has 0 unspecified atom stereocenters. The molecule has 0 saturated carbocycles. The Hall–Kier alpha value is -3.15. The molecule has 2 aromatic carbocycles. The number of H-pyrrole nitrogens is 1. The average molecular weight is 309 g/mol. The molecule has 0 bridgehead atoms. The first-order valence-electron chi connectivity index (χ1n) is 6.97. The van der Waals surface area contributed by atoms with Crippen LogP contribution in [-0.2, 0) is 4.74 Å². The largest absolute Gasteiger partial charge is 0.497 e. The zero-order chi connectivity index (χ0) is 16.2. The molecule has 0 fully saturated rings. The maximum atomic E-state index is 11.6. The lowest BCUT2D eigenvalue weighted by molar-refractivity contribution is 0.0601. The van der Waals surface area contributed by atoms with E-state index in [9.17, 15) is 4.79 Å². The maximum Gasteiger partial charge on any atom is 0.337 e. The number of aromatic nitrogens is 3. The highest BCUT2D eigenvalue weighted by molar-refractivity contribution is 5.90. The standard InChI is InChI=1S/C17H15N3O3/c1-22-14-8-6-11(7-9-14)15-18-16(20-19-15)12-4-3-5-13(10-12)17(21)23-2/h3-10H,1-2H3,(H,18,19,20). The normalized spacial score (nSPS) is 10.3. The number of esters is 1. The summed E-state index contributed by atoms with van der Waals surface area (Å²) in [5.74, 6) is 1.55. The maximum absolute atomic E-state index is 11.6. The molecular formula is C17H15N3O3. The van der Waals surface area contributed by atoms with Gasteiger partial charge in [0.1, 0.15) is 5.75 Å². The summed E-state index contributed by atoms with van der Waals surface area (Å²) in [5.41, 5.74) is 2.10. The van der Waals surface area contributed by atoms with Crippen molar-refractivity contribution in [3.8, 4) is 28.5 Å². The lowest BCUT2D eigenvalue weighted by Gasteiger charge is -2.01. The number of ether oxygens (including phenoxy) is 2. The number of methoxy groups -OCH3 is 2. The van der Waals surface area contributed by atoms with Crippen LogP contribution in [0.2, 0.25) is 0 Å². The second-order valence-corrected chi connectivity index (χ2v) is 4.81. The van der Waals surface area contributed by atoms with Crippen molar-refractivity contribution in [1.29, 1.82) is 0 Å². The molecule has 0 aliphatic rings. The molecule has 1 heterocycles. The van der Waals surface area contributed by atoms with Crippen LogP contribution in [0.15, 0.2) is 48.5 Å². The van der Waals surface area contributed by atoms with Gasteiger partial charge in [-0.15, -0.1) is 0 Å². The Kier molecular flexibility index (Phi) is 4.05. The highest BCUT2D eigenvalue weighted by Crippen LogP contribution is 2.22. The Bertz CT molecular complexity index is 825. The molecule has 0 aliphatic carbocycles. The van der Waals surface area contributed by atoms with Crippen molar-refractivity contribution in [3.63, 3.8) is 0 Å². The Morgan fingerprint density at radius 2 is 1.83 bits per heavy atom. The van der Waals surface area contributed by atoms with Crippen LogP contribution in [0.25, 0.3) is 22.8 Å². The molecule has 0 radical (unpaired) electrons. The summed E-state index contributed by atoms with van der Waals surface area (Å²) in [4.78, 5) is 16.1. The van der Waals surface area contributed by atoms with Crippen LogP contribution < -0.4 is 4.74 Å². The Labute approximate surface area is 133 Å². The highest BCUT2D eigenvalue weighted by Gasteiger charge is 2.11. The van der Waals surface area contributed by atoms with Gasteiger partial charge in [-0.3, -0.25) is 5.10 Å². The predicted molar refractivity (Wildman–Crippen MR) is 85.1 cm³/mol. The van der Waals surface area contributed by atoms with Crippen molar-refractivity contribution in [2.24, 2.45) is 0 Å². The van der Waals surface area contributed by atoms with Crippen molar-refractivity contribution in [2.75, 3.05) is 14.2 Å². The molecule has 0 spiro atoms. The number of hydrogen-bond donors (Lipinski definition) is 1. The van der Waals surface area contributed by atoms with E-state index in [0.717, 1.165) is 16.9 Å². The third-order valence-electron chi connectivity index (χ3n) is 3.39. The van der Waals surface area contributed by atoms with Gasteiger partial charge >= 0.3 is 5.97 Å². The van der Waals surface area contributed by atoms with Gasteiger partial charge < -0.3 is 9.47 Å². The number of rotatable bonds is 4. The summed E-state index contributed by atoms with van der Waals surface area (Å²) in [6.07, 6.45) is 0. The molecule has 1 N–H and O–H groups in total. The smallest absolute Gasteiger partial charge is 0.337 e. The van der Waals surface area contributed by atoms with E-state index < -0.39 is 5.97 Å². The summed E-state index contributed by atoms with van der Waals surface area (Å²) in [6.45, 7) is 0. The van der Waals surface area contributed by atoms with E-state index in [2.05, 4.69) is 15.2 Å². The van der Waals surface area contributed by atoms with E-state index in [-0.39, 0.29) is 0 Å². The molecule has 6 heteroatoms. The minimum Gasteiger partial charge on any atom is -0.497 e. The van der Waals surface area contributed by atoms with Crippen LogP contribution in [-0.4, -0.2) is 35.4 Å². The van der Waals surface area contributed by atoms with E-state index >= 15 is 0 Å². The highest BCUT2D eigenvalue weighted by atomic mass is 16.5. The van der Waals surface area contributed by atoms with Gasteiger partial charge in [0.05, 0.1) is 19.8 Å². The summed E-state index contributed by atoms with van der Waals surface area (Å²) in [6, 6.07) is 14.5. The zero-order valence-electron chi connectivity index (χ0n) is 12.7. The quantitative estimate of drug-likeness (QED) is 0.750. The Balaban J connectivity index is 1.90. The fraction of sp³-hybridized carbons (Fsp3) is 0.118. The number of carbonyl (C=O) groups is 1. The van der Waals surface area contributed by atoms with Crippen LogP contribution >= 0.6 is 0 Å². The lowest BCUT2D eigenvalue weighted by atomic mass is 10.1. The van der Waals surface area contributed by atoms with Gasteiger partial charge in [-0.1, -0.05) is 12.1 Å². The second-order valence-electron chi connectivity index (χ2n) is 4.81. The van der Waals surface area contributed by atoms with E-state index in [1.165, 1.54) is 7.11 Å². The summed E-state index contributed by atoms with van der Waals surface area (Å²) in [7, 11) is 2.97. The van der Waals surface area contributed by atoms with Crippen LogP contribution in [0.3, 0.4) is 0 Å². The molecule has 0 saturated heterocycles. The van der Waals surface area contributed by atoms with E-state index in [1.807, 2.05) is 30.3 Å². The predicted octanol–water partition coefficient (Wildman–Crippen LogP) is 2.93. The Morgan fingerprint density at radius 1 is 1.04 bits per heavy atom. The lowest BCUT2D eigenvalue weighted by Crippen LogP contribution is -2.00. The first kappa shape index (κ1) is 14.8. The van der Waals surface area contributed by atoms with Gasteiger partial charge in [-0.2, -0.15) is 5.10 Å². The van der Waals surface area contributed by atoms with Crippen LogP contribution in [0.1, 0.15) is 10.4 Å². The number of aromatic amines is 1. The van der Waals surface area contributed by atoms with Crippen molar-refractivity contribution in [3.05, 3.63) is 54.1 Å². The number of benzene rings is 2. The number of nitrogens with zero attached hydrogens (tertiary/aromatic N) is 2. The van der Waals surface area contributed by atoms with Gasteiger partial charge in [0.15, 0.2) is 11.6 Å². The minimum absolute atomic E-state index is 0.391. The molecular weight excluding hydrogens is 294 g/mol. The van der Waals surface area contributed by atoms with Crippen LogP contribution in [0.4, 0.5) is 0 Å². The zero-order valence-corrected chi connectivity index (χ0v) is 12.7. The van der Waals surface area contributed by atoms with Gasteiger partial charge in [0.2, 0.25) is 0 Å². The second kappa shape index (κ2) is 6.31. The SMILES string of the molecule is COC(=O)c1cccc(-c2n[nH]c(-c3ccc(OC)cc3)n2)c1. The summed E-state index contributed by atoms with van der Waals surface area (Å²) >= 11 is 0. The number of hydrogen-bond acceptors (Lipinski definition) is 5. The fourth-order valence-electron chi connectivity index (χ4n) is 2.17. The van der Waals surface area contributed by atoms with Gasteiger partial charge in [0, 0.05) is 11.1 Å². The fourth-order valence-corrected chi connectivity index (χ4v) is 2.17. The van der Waals surface area contributed by atoms with Crippen LogP contribution in [0, 0.1) is 0 Å². The van der Waals surface area contributed by atoms with Crippen molar-refractivity contribution < 1.29 is 14.3 Å². The van der Waals surface area contributed by atoms with E-state index in [1.54, 1.807) is 25.3 Å². The molecule has 6 nitrogen and oxygen atoms in total. The number of carbonyl (C=O) groups excluding carboxylic acids is 1. The molecule has 0 aliphatic heterocycles. The van der Waals surface area contributed by atoms with Crippen molar-refractivity contribution in [1.82, 2.24) is 15.2 Å². The van der Waals surface area contributed by atoms with Gasteiger partial charge in [-0.25, -0.2) is 9.78 Å². The summed E-state index contributed by atoms with van der Waals surface area (Å²) in [5, 5.41) is 7.11. The monoisotopic (exact) mass is 309 g/mol. The van der Waals surface area contributed by atoms with Gasteiger partial charge in [0.25, 0.3) is 0 Å². The molecule has 23 heavy (non-hydrogen) atoms. The van der Waals surface area contributed by atoms with E-state index in [4.69, 9.17) is 9.47 Å². The molecule has 0 amide bonds. The summed E-state index contributed by atoms with van der Waals surface area (Å²) < 4.78 is 9.86. The topological polar surface area (TPSA) is 77.1 Å². The van der Waals surface area contributed by atoms with Gasteiger partial charge in [-0.05, 0) is 36.4 Å². The van der Waals surface area contributed by atoms with Crippen LogP contribution in [0.5, 0.6) is 5.75 Å². The molecule has 1 aromatic heterocycles. The van der Waals surface area contributed by atoms with Crippen molar-refractivity contribution in [2.45, 2.75) is 0 Å². The average Bonchev–Trinajstić information content (AvgIpc) is 3.11. The minimum atomic E-state index is -0.391. The molecule has 116 valence electrons. The van der Waals surface area contributed by atoms with E-state index in [0.29, 0.717) is 17.2 Å². The first-order chi connectivity index (χ1) is 11.2.